The van der Waals surface area contributed by atoms with Crippen molar-refractivity contribution in [3.8, 4) is 5.75 Å². The van der Waals surface area contributed by atoms with Crippen LogP contribution in [0.15, 0.2) is 12.1 Å². The lowest BCUT2D eigenvalue weighted by Gasteiger charge is -2.26. The Morgan fingerprint density at radius 1 is 1.19 bits per heavy atom. The fourth-order valence-electron chi connectivity index (χ4n) is 2.95. The zero-order valence-electron chi connectivity index (χ0n) is 12.4. The summed E-state index contributed by atoms with van der Waals surface area (Å²) in [5, 5.41) is 4.31. The van der Waals surface area contributed by atoms with Gasteiger partial charge in [0.15, 0.2) is 0 Å². The van der Waals surface area contributed by atoms with Crippen LogP contribution in [0.5, 0.6) is 5.75 Å². The Kier molecular flexibility index (Phi) is 5.36. The molecule has 1 saturated heterocycles. The number of hydrogen-bond acceptors (Lipinski definition) is 4. The molecule has 116 valence electrons. The molecule has 1 aromatic carbocycles. The second-order valence-electron chi connectivity index (χ2n) is 5.64. The molecule has 0 unspecified atom stereocenters. The van der Waals surface area contributed by atoms with Gasteiger partial charge in [-0.05, 0) is 37.2 Å². The van der Waals surface area contributed by atoms with Gasteiger partial charge >= 0.3 is 0 Å². The molecule has 0 radical (unpaired) electrons. The maximum Gasteiger partial charge on any atom is 0.127 e. The summed E-state index contributed by atoms with van der Waals surface area (Å²) in [5.74, 6) is 1.04. The van der Waals surface area contributed by atoms with Gasteiger partial charge in [0.1, 0.15) is 5.75 Å². The molecule has 1 N–H and O–H groups in total. The van der Waals surface area contributed by atoms with E-state index in [9.17, 15) is 0 Å². The number of morpholine rings is 1. The van der Waals surface area contributed by atoms with Crippen LogP contribution in [0.3, 0.4) is 0 Å². The van der Waals surface area contributed by atoms with Gasteiger partial charge < -0.3 is 14.8 Å². The van der Waals surface area contributed by atoms with Gasteiger partial charge in [-0.2, -0.15) is 0 Å². The number of ether oxygens (including phenoxy) is 2. The first-order valence-corrected chi connectivity index (χ1v) is 8.15. The van der Waals surface area contributed by atoms with Crippen molar-refractivity contribution in [3.63, 3.8) is 0 Å². The van der Waals surface area contributed by atoms with Gasteiger partial charge in [-0.1, -0.05) is 11.6 Å². The van der Waals surface area contributed by atoms with Crippen molar-refractivity contribution in [1.82, 2.24) is 10.2 Å². The third-order valence-electron chi connectivity index (χ3n) is 4.07. The van der Waals surface area contributed by atoms with Gasteiger partial charge in [0.25, 0.3) is 0 Å². The summed E-state index contributed by atoms with van der Waals surface area (Å²) in [6.45, 7) is 7.63. The van der Waals surface area contributed by atoms with Crippen molar-refractivity contribution >= 4 is 11.6 Å². The van der Waals surface area contributed by atoms with Gasteiger partial charge in [0.05, 0.1) is 19.8 Å². The first kappa shape index (κ1) is 15.1. The molecule has 4 nitrogen and oxygen atoms in total. The van der Waals surface area contributed by atoms with Gasteiger partial charge in [0.2, 0.25) is 0 Å². The summed E-state index contributed by atoms with van der Waals surface area (Å²) in [5.41, 5.74) is 2.42. The highest BCUT2D eigenvalue weighted by Crippen LogP contribution is 2.32. The molecule has 5 heteroatoms. The lowest BCUT2D eigenvalue weighted by molar-refractivity contribution is 0.0374. The van der Waals surface area contributed by atoms with Crippen LogP contribution in [-0.2, 0) is 17.7 Å². The molecular formula is C16H23ClN2O2. The summed E-state index contributed by atoms with van der Waals surface area (Å²) in [6, 6.07) is 4.03. The molecule has 21 heavy (non-hydrogen) atoms. The zero-order valence-corrected chi connectivity index (χ0v) is 13.1. The zero-order chi connectivity index (χ0) is 14.5. The second-order valence-corrected chi connectivity index (χ2v) is 6.07. The molecular weight excluding hydrogens is 288 g/mol. The van der Waals surface area contributed by atoms with E-state index in [1.54, 1.807) is 0 Å². The van der Waals surface area contributed by atoms with Crippen LogP contribution in [0, 0.1) is 0 Å². The number of nitrogens with one attached hydrogen (secondary N) is 1. The molecule has 2 aliphatic heterocycles. The van der Waals surface area contributed by atoms with Gasteiger partial charge in [-0.15, -0.1) is 0 Å². The standard InChI is InChI=1S/C16H23ClN2O2/c17-15-10-13-2-7-21-16(13)14(11-15)12-18-3-1-4-19-5-8-20-9-6-19/h10-11,18H,1-9,12H2. The summed E-state index contributed by atoms with van der Waals surface area (Å²) in [7, 11) is 0. The van der Waals surface area contributed by atoms with Gasteiger partial charge in [-0.25, -0.2) is 0 Å². The molecule has 1 aromatic rings. The molecule has 2 heterocycles. The van der Waals surface area contributed by atoms with E-state index in [1.165, 1.54) is 11.1 Å². The maximum absolute atomic E-state index is 6.17. The quantitative estimate of drug-likeness (QED) is 0.816. The average molecular weight is 311 g/mol. The molecule has 3 rings (SSSR count). The lowest BCUT2D eigenvalue weighted by atomic mass is 10.1. The first-order chi connectivity index (χ1) is 10.3. The summed E-state index contributed by atoms with van der Waals surface area (Å²) < 4.78 is 11.1. The van der Waals surface area contributed by atoms with E-state index < -0.39 is 0 Å². The molecule has 0 bridgehead atoms. The third-order valence-corrected chi connectivity index (χ3v) is 4.29. The van der Waals surface area contributed by atoms with Crippen molar-refractivity contribution < 1.29 is 9.47 Å². The molecule has 1 fully saturated rings. The van der Waals surface area contributed by atoms with E-state index in [4.69, 9.17) is 21.1 Å². The highest BCUT2D eigenvalue weighted by Gasteiger charge is 2.17. The predicted molar refractivity (Wildman–Crippen MR) is 84.2 cm³/mol. The summed E-state index contributed by atoms with van der Waals surface area (Å²) in [4.78, 5) is 2.46. The SMILES string of the molecule is Clc1cc2c(c(CNCCCN3CCOCC3)c1)OCC2. The van der Waals surface area contributed by atoms with Gasteiger partial charge in [-0.3, -0.25) is 4.90 Å². The Bertz CT molecular complexity index is 476. The number of benzene rings is 1. The number of hydrogen-bond donors (Lipinski definition) is 1. The third kappa shape index (κ3) is 4.10. The Morgan fingerprint density at radius 3 is 2.90 bits per heavy atom. The first-order valence-electron chi connectivity index (χ1n) is 7.78. The van der Waals surface area contributed by atoms with E-state index in [1.807, 2.05) is 12.1 Å². The van der Waals surface area contributed by atoms with Crippen molar-refractivity contribution in [2.24, 2.45) is 0 Å². The topological polar surface area (TPSA) is 33.7 Å². The number of fused-ring (bicyclic) bond motifs is 1. The average Bonchev–Trinajstić information content (AvgIpc) is 2.96. The molecule has 0 aliphatic carbocycles. The van der Waals surface area contributed by atoms with Crippen LogP contribution in [0.4, 0.5) is 0 Å². The molecule has 2 aliphatic rings. The highest BCUT2D eigenvalue weighted by atomic mass is 35.5. The summed E-state index contributed by atoms with van der Waals surface area (Å²) >= 11 is 6.17. The second kappa shape index (κ2) is 7.45. The van der Waals surface area contributed by atoms with E-state index in [0.717, 1.165) is 76.2 Å². The van der Waals surface area contributed by atoms with Gasteiger partial charge in [0, 0.05) is 36.6 Å². The van der Waals surface area contributed by atoms with Crippen LogP contribution >= 0.6 is 11.6 Å². The number of rotatable bonds is 6. The minimum atomic E-state index is 0.777. The lowest BCUT2D eigenvalue weighted by Crippen LogP contribution is -2.37. The Morgan fingerprint density at radius 2 is 2.05 bits per heavy atom. The van der Waals surface area contributed by atoms with Crippen LogP contribution in [0.1, 0.15) is 17.5 Å². The van der Waals surface area contributed by atoms with Crippen molar-refractivity contribution in [2.75, 3.05) is 46.0 Å². The van der Waals surface area contributed by atoms with Crippen molar-refractivity contribution in [1.29, 1.82) is 0 Å². The fraction of sp³-hybridized carbons (Fsp3) is 0.625. The number of nitrogens with zero attached hydrogens (tertiary/aromatic N) is 1. The molecule has 0 saturated carbocycles. The van der Waals surface area contributed by atoms with Crippen molar-refractivity contribution in [3.05, 3.63) is 28.3 Å². The van der Waals surface area contributed by atoms with Crippen LogP contribution in [0.25, 0.3) is 0 Å². The monoisotopic (exact) mass is 310 g/mol. The smallest absolute Gasteiger partial charge is 0.127 e. The minimum absolute atomic E-state index is 0.777. The molecule has 0 amide bonds. The minimum Gasteiger partial charge on any atom is -0.493 e. The molecule has 0 atom stereocenters. The fourth-order valence-corrected chi connectivity index (χ4v) is 3.22. The summed E-state index contributed by atoms with van der Waals surface area (Å²) in [6.07, 6.45) is 2.13. The van der Waals surface area contributed by atoms with Crippen molar-refractivity contribution in [2.45, 2.75) is 19.4 Å². The Hall–Kier alpha value is -0.810. The maximum atomic E-state index is 6.17. The van der Waals surface area contributed by atoms with E-state index in [2.05, 4.69) is 10.2 Å². The Balaban J connectivity index is 1.41. The largest absolute Gasteiger partial charge is 0.493 e. The normalized spacial score (nSPS) is 18.5. The van der Waals surface area contributed by atoms with E-state index >= 15 is 0 Å². The van der Waals surface area contributed by atoms with E-state index in [0.29, 0.717) is 0 Å². The van der Waals surface area contributed by atoms with Crippen LogP contribution in [0.2, 0.25) is 5.02 Å². The number of halogens is 1. The highest BCUT2D eigenvalue weighted by molar-refractivity contribution is 6.30. The Labute approximate surface area is 131 Å². The molecule has 0 aromatic heterocycles. The van der Waals surface area contributed by atoms with Crippen LogP contribution < -0.4 is 10.1 Å². The predicted octanol–water partition coefficient (Wildman–Crippen LogP) is 2.09. The van der Waals surface area contributed by atoms with E-state index in [-0.39, 0.29) is 0 Å². The molecule has 0 spiro atoms. The van der Waals surface area contributed by atoms with Crippen LogP contribution in [-0.4, -0.2) is 50.9 Å².